The summed E-state index contributed by atoms with van der Waals surface area (Å²) in [5.41, 5.74) is 0.805. The van der Waals surface area contributed by atoms with Crippen LogP contribution in [-0.2, 0) is 0 Å². The van der Waals surface area contributed by atoms with Crippen LogP contribution in [0.4, 0.5) is 13.2 Å². The molecule has 1 heterocycles. The second kappa shape index (κ2) is 6.55. The van der Waals surface area contributed by atoms with Gasteiger partial charge in [-0.3, -0.25) is 0 Å². The van der Waals surface area contributed by atoms with Gasteiger partial charge < -0.3 is 9.72 Å². The molecule has 0 unspecified atom stereocenters. The average molecular weight is 334 g/mol. The van der Waals surface area contributed by atoms with Crippen LogP contribution in [0.2, 0.25) is 0 Å². The molecule has 0 amide bonds. The van der Waals surface area contributed by atoms with E-state index in [-0.39, 0.29) is 11.4 Å². The maximum absolute atomic E-state index is 13.5. The van der Waals surface area contributed by atoms with E-state index in [1.54, 1.807) is 31.4 Å². The number of halogens is 3. The molecule has 0 radical (unpaired) electrons. The fraction of sp³-hybridized carbons (Fsp3) is 0.278. The van der Waals surface area contributed by atoms with Gasteiger partial charge in [-0.05, 0) is 37.5 Å². The monoisotopic (exact) mass is 334 g/mol. The quantitative estimate of drug-likeness (QED) is 0.821. The molecule has 1 aliphatic rings. The van der Waals surface area contributed by atoms with Crippen molar-refractivity contribution in [1.82, 2.24) is 9.97 Å². The minimum Gasteiger partial charge on any atom is -0.497 e. The molecule has 0 bridgehead atoms. The number of hydrogen-bond acceptors (Lipinski definition) is 2. The summed E-state index contributed by atoms with van der Waals surface area (Å²) in [6.07, 6.45) is 3.31. The van der Waals surface area contributed by atoms with Crippen LogP contribution in [0.3, 0.4) is 0 Å². The van der Waals surface area contributed by atoms with Gasteiger partial charge in [-0.15, -0.1) is 0 Å². The number of aromatic amines is 1. The number of aromatic nitrogens is 2. The SMILES string of the molecule is COc1ccc2nc(/C3=C(C(F)(F)F)/C=C\C=C/CCC3)[nH]c2c1. The first-order chi connectivity index (χ1) is 11.5. The van der Waals surface area contributed by atoms with E-state index in [1.165, 1.54) is 6.08 Å². The number of hydrogen-bond donors (Lipinski definition) is 1. The number of nitrogens with one attached hydrogen (secondary N) is 1. The Kier molecular flexibility index (Phi) is 4.46. The van der Waals surface area contributed by atoms with E-state index in [0.717, 1.165) is 12.5 Å². The Morgan fingerprint density at radius 1 is 1.21 bits per heavy atom. The summed E-state index contributed by atoms with van der Waals surface area (Å²) in [4.78, 5) is 7.36. The smallest absolute Gasteiger partial charge is 0.416 e. The zero-order valence-electron chi connectivity index (χ0n) is 13.2. The molecule has 2 aromatic rings. The lowest BCUT2D eigenvalue weighted by molar-refractivity contribution is -0.0877. The van der Waals surface area contributed by atoms with Crippen molar-refractivity contribution in [3.8, 4) is 5.75 Å². The van der Waals surface area contributed by atoms with Crippen LogP contribution in [0.1, 0.15) is 25.1 Å². The van der Waals surface area contributed by atoms with Gasteiger partial charge in [0.1, 0.15) is 11.6 Å². The van der Waals surface area contributed by atoms with Crippen molar-refractivity contribution in [2.24, 2.45) is 0 Å². The maximum Gasteiger partial charge on any atom is 0.416 e. The topological polar surface area (TPSA) is 37.9 Å². The third kappa shape index (κ3) is 3.37. The molecule has 0 fully saturated rings. The van der Waals surface area contributed by atoms with E-state index in [1.807, 2.05) is 6.08 Å². The van der Waals surface area contributed by atoms with Crippen molar-refractivity contribution in [3.05, 3.63) is 53.9 Å². The average Bonchev–Trinajstić information content (AvgIpc) is 3.00. The minimum atomic E-state index is -4.43. The molecule has 1 aliphatic carbocycles. The van der Waals surface area contributed by atoms with Gasteiger partial charge in [-0.25, -0.2) is 4.98 Å². The van der Waals surface area contributed by atoms with E-state index in [2.05, 4.69) is 9.97 Å². The molecular formula is C18H17F3N2O. The molecular weight excluding hydrogens is 317 g/mol. The molecule has 24 heavy (non-hydrogen) atoms. The van der Waals surface area contributed by atoms with E-state index < -0.39 is 11.7 Å². The van der Waals surface area contributed by atoms with E-state index in [4.69, 9.17) is 4.74 Å². The van der Waals surface area contributed by atoms with Crippen LogP contribution in [0.5, 0.6) is 5.75 Å². The number of alkyl halides is 3. The number of allylic oxidation sites excluding steroid dienone is 6. The second-order valence-electron chi connectivity index (χ2n) is 5.54. The zero-order valence-corrected chi connectivity index (χ0v) is 13.2. The van der Waals surface area contributed by atoms with Crippen LogP contribution in [0.15, 0.2) is 48.1 Å². The van der Waals surface area contributed by atoms with Crippen LogP contribution < -0.4 is 4.74 Å². The van der Waals surface area contributed by atoms with Crippen molar-refractivity contribution < 1.29 is 17.9 Å². The summed E-state index contributed by atoms with van der Waals surface area (Å²) < 4.78 is 45.7. The van der Waals surface area contributed by atoms with Crippen LogP contribution >= 0.6 is 0 Å². The summed E-state index contributed by atoms with van der Waals surface area (Å²) in [5, 5.41) is 0. The Bertz CT molecular complexity index is 828. The summed E-state index contributed by atoms with van der Waals surface area (Å²) >= 11 is 0. The maximum atomic E-state index is 13.5. The van der Waals surface area contributed by atoms with Crippen molar-refractivity contribution in [1.29, 1.82) is 0 Å². The molecule has 0 saturated heterocycles. The summed E-state index contributed by atoms with van der Waals surface area (Å²) in [7, 11) is 1.54. The third-order valence-corrected chi connectivity index (χ3v) is 3.91. The minimum absolute atomic E-state index is 0.192. The van der Waals surface area contributed by atoms with Gasteiger partial charge in [-0.2, -0.15) is 13.2 Å². The lowest BCUT2D eigenvalue weighted by Gasteiger charge is -2.13. The third-order valence-electron chi connectivity index (χ3n) is 3.91. The van der Waals surface area contributed by atoms with Crippen molar-refractivity contribution in [3.63, 3.8) is 0 Å². The largest absolute Gasteiger partial charge is 0.497 e. The number of fused-ring (bicyclic) bond motifs is 1. The molecule has 0 atom stereocenters. The summed E-state index contributed by atoms with van der Waals surface area (Å²) in [6, 6.07) is 5.19. The molecule has 126 valence electrons. The highest BCUT2D eigenvalue weighted by molar-refractivity contribution is 5.81. The van der Waals surface area contributed by atoms with Gasteiger partial charge in [0.05, 0.1) is 23.7 Å². The van der Waals surface area contributed by atoms with E-state index >= 15 is 0 Å². The van der Waals surface area contributed by atoms with Crippen LogP contribution in [0.25, 0.3) is 16.6 Å². The van der Waals surface area contributed by atoms with Crippen molar-refractivity contribution in [2.75, 3.05) is 7.11 Å². The lowest BCUT2D eigenvalue weighted by Crippen LogP contribution is -2.13. The van der Waals surface area contributed by atoms with Gasteiger partial charge in [0.2, 0.25) is 0 Å². The Labute approximate surface area is 137 Å². The molecule has 6 heteroatoms. The van der Waals surface area contributed by atoms with Gasteiger partial charge >= 0.3 is 6.18 Å². The fourth-order valence-corrected chi connectivity index (χ4v) is 2.73. The molecule has 3 rings (SSSR count). The van der Waals surface area contributed by atoms with Crippen LogP contribution in [-0.4, -0.2) is 23.3 Å². The fourth-order valence-electron chi connectivity index (χ4n) is 2.73. The first-order valence-corrected chi connectivity index (χ1v) is 7.67. The first-order valence-electron chi connectivity index (χ1n) is 7.67. The highest BCUT2D eigenvalue weighted by Crippen LogP contribution is 2.36. The van der Waals surface area contributed by atoms with E-state index in [0.29, 0.717) is 29.6 Å². The highest BCUT2D eigenvalue weighted by Gasteiger charge is 2.35. The number of rotatable bonds is 2. The molecule has 1 N–H and O–H groups in total. The zero-order chi connectivity index (χ0) is 17.2. The predicted octanol–water partition coefficient (Wildman–Crippen LogP) is 5.18. The Morgan fingerprint density at radius 3 is 2.79 bits per heavy atom. The molecule has 0 aliphatic heterocycles. The van der Waals surface area contributed by atoms with Crippen LogP contribution in [0, 0.1) is 0 Å². The molecule has 0 spiro atoms. The first kappa shape index (κ1) is 16.4. The number of H-pyrrole nitrogens is 1. The number of methoxy groups -OCH3 is 1. The van der Waals surface area contributed by atoms with Gasteiger partial charge in [0.15, 0.2) is 0 Å². The Morgan fingerprint density at radius 2 is 2.04 bits per heavy atom. The second-order valence-corrected chi connectivity index (χ2v) is 5.54. The number of ether oxygens (including phenoxy) is 1. The van der Waals surface area contributed by atoms with Crippen molar-refractivity contribution in [2.45, 2.75) is 25.4 Å². The summed E-state index contributed by atoms with van der Waals surface area (Å²) in [6.45, 7) is 0. The molecule has 1 aromatic carbocycles. The van der Waals surface area contributed by atoms with E-state index in [9.17, 15) is 13.2 Å². The number of benzene rings is 1. The Hall–Kier alpha value is -2.50. The molecule has 3 nitrogen and oxygen atoms in total. The Balaban J connectivity index is 2.16. The highest BCUT2D eigenvalue weighted by atomic mass is 19.4. The van der Waals surface area contributed by atoms with Gasteiger partial charge in [0, 0.05) is 11.6 Å². The van der Waals surface area contributed by atoms with Gasteiger partial charge in [-0.1, -0.05) is 18.2 Å². The van der Waals surface area contributed by atoms with Crippen molar-refractivity contribution >= 4 is 16.6 Å². The molecule has 0 saturated carbocycles. The normalized spacial score (nSPS) is 21.8. The number of nitrogens with zero attached hydrogens (tertiary/aromatic N) is 1. The molecule has 1 aromatic heterocycles. The summed E-state index contributed by atoms with van der Waals surface area (Å²) in [5.74, 6) is 0.887. The lowest BCUT2D eigenvalue weighted by atomic mass is 10.0. The number of imidazole rings is 1. The van der Waals surface area contributed by atoms with Gasteiger partial charge in [0.25, 0.3) is 0 Å². The standard InChI is InChI=1S/C18H17F3N2O/c1-24-12-9-10-15-16(11-12)23-17(22-15)13-7-5-3-2-4-6-8-14(13)18(19,20)21/h2,4,6,8-11H,3,5,7H2,1H3,(H,22,23)/b4-2-,8-6-,14-13-. The predicted molar refractivity (Wildman–Crippen MR) is 87.8 cm³/mol.